The number of ether oxygens (including phenoxy) is 1. The molecule has 0 spiro atoms. The van der Waals surface area contributed by atoms with E-state index in [1.807, 2.05) is 18.3 Å². The first-order chi connectivity index (χ1) is 17.0. The molecule has 4 rings (SSSR count). The number of benzene rings is 2. The summed E-state index contributed by atoms with van der Waals surface area (Å²) in [6.45, 7) is 4.80. The zero-order valence-corrected chi connectivity index (χ0v) is 21.1. The highest BCUT2D eigenvalue weighted by atomic mass is 16.5. The van der Waals surface area contributed by atoms with Crippen molar-refractivity contribution in [3.63, 3.8) is 0 Å². The van der Waals surface area contributed by atoms with Gasteiger partial charge in [-0.25, -0.2) is 0 Å². The second-order valence-corrected chi connectivity index (χ2v) is 9.98. The standard InChI is InChI=1S/C30H38N2O3/c1-22-9-11-23(12-10-22)6-3-4-18-32-19-16-25(28(21-32)30(33)34)8-5-7-24-15-17-31-29-14-13-26(35-2)20-27(24)29/h9-15,17,20,25,28H,3-8,16,18-19,21H2,1-2H3,(H,33,34)/t25-,28+/m1/s1. The summed E-state index contributed by atoms with van der Waals surface area (Å²) in [5.41, 5.74) is 4.91. The number of aliphatic carboxylic acids is 1. The molecule has 0 aliphatic carbocycles. The minimum absolute atomic E-state index is 0.249. The number of hydrogen-bond donors (Lipinski definition) is 1. The molecule has 35 heavy (non-hydrogen) atoms. The Morgan fingerprint density at radius 2 is 1.91 bits per heavy atom. The Labute approximate surface area is 209 Å². The Balaban J connectivity index is 1.25. The van der Waals surface area contributed by atoms with Gasteiger partial charge in [0, 0.05) is 18.1 Å². The van der Waals surface area contributed by atoms with Crippen LogP contribution in [0.25, 0.3) is 10.9 Å². The molecule has 0 amide bonds. The van der Waals surface area contributed by atoms with Crippen molar-refractivity contribution in [3.05, 3.63) is 71.4 Å². The van der Waals surface area contributed by atoms with Crippen LogP contribution in [0.15, 0.2) is 54.7 Å². The van der Waals surface area contributed by atoms with E-state index >= 15 is 0 Å². The second kappa shape index (κ2) is 12.2. The summed E-state index contributed by atoms with van der Waals surface area (Å²) >= 11 is 0. The van der Waals surface area contributed by atoms with Gasteiger partial charge in [-0.3, -0.25) is 9.78 Å². The maximum atomic E-state index is 12.1. The SMILES string of the molecule is COc1ccc2nccc(CCC[C@@H]3CCN(CCCCc4ccc(C)cc4)C[C@@H]3C(=O)O)c2c1. The van der Waals surface area contributed by atoms with Gasteiger partial charge >= 0.3 is 5.97 Å². The van der Waals surface area contributed by atoms with E-state index in [0.29, 0.717) is 6.54 Å². The fourth-order valence-corrected chi connectivity index (χ4v) is 5.40. The Hall–Kier alpha value is -2.92. The van der Waals surface area contributed by atoms with Crippen molar-refractivity contribution in [1.82, 2.24) is 9.88 Å². The largest absolute Gasteiger partial charge is 0.497 e. The molecule has 0 radical (unpaired) electrons. The summed E-state index contributed by atoms with van der Waals surface area (Å²) in [6.07, 6.45) is 9.05. The summed E-state index contributed by atoms with van der Waals surface area (Å²) in [5.74, 6) is 0.177. The Bertz CT molecular complexity index is 1110. The number of unbranched alkanes of at least 4 members (excludes halogenated alkanes) is 1. The first-order valence-corrected chi connectivity index (χ1v) is 13.0. The molecule has 186 valence electrons. The lowest BCUT2D eigenvalue weighted by Gasteiger charge is -2.36. The molecule has 2 atom stereocenters. The normalized spacial score (nSPS) is 18.6. The van der Waals surface area contributed by atoms with Crippen LogP contribution in [-0.2, 0) is 17.6 Å². The second-order valence-electron chi connectivity index (χ2n) is 9.98. The highest BCUT2D eigenvalue weighted by Crippen LogP contribution is 2.30. The van der Waals surface area contributed by atoms with Crippen LogP contribution in [-0.4, -0.2) is 47.7 Å². The van der Waals surface area contributed by atoms with E-state index in [4.69, 9.17) is 4.74 Å². The van der Waals surface area contributed by atoms with Crippen molar-refractivity contribution in [2.75, 3.05) is 26.7 Å². The third-order valence-electron chi connectivity index (χ3n) is 7.53. The van der Waals surface area contributed by atoms with Crippen LogP contribution in [0.5, 0.6) is 5.75 Å². The zero-order valence-electron chi connectivity index (χ0n) is 21.1. The summed E-state index contributed by atoms with van der Waals surface area (Å²) in [4.78, 5) is 18.9. The lowest BCUT2D eigenvalue weighted by Crippen LogP contribution is -2.44. The van der Waals surface area contributed by atoms with Gasteiger partial charge in [-0.05, 0) is 106 Å². The minimum Gasteiger partial charge on any atom is -0.497 e. The third kappa shape index (κ3) is 6.82. The van der Waals surface area contributed by atoms with E-state index in [9.17, 15) is 9.90 Å². The molecule has 2 heterocycles. The van der Waals surface area contributed by atoms with Crippen LogP contribution in [0, 0.1) is 18.8 Å². The Morgan fingerprint density at radius 3 is 2.69 bits per heavy atom. The van der Waals surface area contributed by atoms with E-state index < -0.39 is 5.97 Å². The number of nitrogens with zero attached hydrogens (tertiary/aromatic N) is 2. The number of rotatable bonds is 11. The molecule has 3 aromatic rings. The molecule has 0 bridgehead atoms. The number of aryl methyl sites for hydroxylation is 3. The average molecular weight is 475 g/mol. The number of carboxylic acid groups (broad SMARTS) is 1. The van der Waals surface area contributed by atoms with E-state index in [1.165, 1.54) is 16.7 Å². The number of carboxylic acids is 1. The van der Waals surface area contributed by atoms with Crippen molar-refractivity contribution in [1.29, 1.82) is 0 Å². The fraction of sp³-hybridized carbons (Fsp3) is 0.467. The summed E-state index contributed by atoms with van der Waals surface area (Å²) in [7, 11) is 1.68. The predicted molar refractivity (Wildman–Crippen MR) is 141 cm³/mol. The van der Waals surface area contributed by atoms with E-state index in [-0.39, 0.29) is 11.8 Å². The molecule has 1 aliphatic heterocycles. The number of pyridine rings is 1. The molecule has 0 saturated carbocycles. The first-order valence-electron chi connectivity index (χ1n) is 13.0. The zero-order chi connectivity index (χ0) is 24.6. The molecular formula is C30H38N2O3. The van der Waals surface area contributed by atoms with Crippen molar-refractivity contribution < 1.29 is 14.6 Å². The van der Waals surface area contributed by atoms with Gasteiger partial charge in [-0.15, -0.1) is 0 Å². The number of aromatic nitrogens is 1. The molecule has 1 N–H and O–H groups in total. The molecule has 1 fully saturated rings. The van der Waals surface area contributed by atoms with Crippen LogP contribution >= 0.6 is 0 Å². The lowest BCUT2D eigenvalue weighted by molar-refractivity contribution is -0.146. The lowest BCUT2D eigenvalue weighted by atomic mass is 9.81. The van der Waals surface area contributed by atoms with Gasteiger partial charge < -0.3 is 14.7 Å². The molecule has 1 aliphatic rings. The molecule has 1 saturated heterocycles. The van der Waals surface area contributed by atoms with Crippen molar-refractivity contribution in [3.8, 4) is 5.75 Å². The van der Waals surface area contributed by atoms with Gasteiger partial charge in [0.1, 0.15) is 5.75 Å². The maximum Gasteiger partial charge on any atom is 0.308 e. The minimum atomic E-state index is -0.640. The van der Waals surface area contributed by atoms with Crippen molar-refractivity contribution in [2.24, 2.45) is 11.8 Å². The average Bonchev–Trinajstić information content (AvgIpc) is 2.88. The summed E-state index contributed by atoms with van der Waals surface area (Å²) < 4.78 is 5.39. The highest BCUT2D eigenvalue weighted by Gasteiger charge is 2.33. The monoisotopic (exact) mass is 474 g/mol. The maximum absolute atomic E-state index is 12.1. The fourth-order valence-electron chi connectivity index (χ4n) is 5.40. The van der Waals surface area contributed by atoms with E-state index in [2.05, 4.69) is 53.2 Å². The predicted octanol–water partition coefficient (Wildman–Crippen LogP) is 5.92. The molecule has 2 aromatic carbocycles. The van der Waals surface area contributed by atoms with Crippen molar-refractivity contribution >= 4 is 16.9 Å². The van der Waals surface area contributed by atoms with Gasteiger partial charge in [0.05, 0.1) is 18.5 Å². The van der Waals surface area contributed by atoms with Crippen LogP contribution < -0.4 is 4.74 Å². The van der Waals surface area contributed by atoms with Gasteiger partial charge in [-0.1, -0.05) is 29.8 Å². The van der Waals surface area contributed by atoms with Gasteiger partial charge in [-0.2, -0.15) is 0 Å². The summed E-state index contributed by atoms with van der Waals surface area (Å²) in [6, 6.07) is 16.8. The topological polar surface area (TPSA) is 62.7 Å². The quantitative estimate of drug-likeness (QED) is 0.350. The Morgan fingerprint density at radius 1 is 1.09 bits per heavy atom. The number of methoxy groups -OCH3 is 1. The highest BCUT2D eigenvalue weighted by molar-refractivity contribution is 5.83. The molecular weight excluding hydrogens is 436 g/mol. The summed E-state index contributed by atoms with van der Waals surface area (Å²) in [5, 5.41) is 11.1. The molecule has 5 nitrogen and oxygen atoms in total. The van der Waals surface area contributed by atoms with E-state index in [1.54, 1.807) is 7.11 Å². The number of likely N-dealkylation sites (tertiary alicyclic amines) is 1. The van der Waals surface area contributed by atoms with Gasteiger partial charge in [0.2, 0.25) is 0 Å². The molecule has 5 heteroatoms. The number of hydrogen-bond acceptors (Lipinski definition) is 4. The number of fused-ring (bicyclic) bond motifs is 1. The number of piperidine rings is 1. The Kier molecular flexibility index (Phi) is 8.75. The van der Waals surface area contributed by atoms with E-state index in [0.717, 1.165) is 74.7 Å². The molecule has 0 unspecified atom stereocenters. The van der Waals surface area contributed by atoms with Crippen LogP contribution in [0.4, 0.5) is 0 Å². The first kappa shape index (κ1) is 25.2. The van der Waals surface area contributed by atoms with Crippen LogP contribution in [0.1, 0.15) is 48.8 Å². The smallest absolute Gasteiger partial charge is 0.308 e. The van der Waals surface area contributed by atoms with Gasteiger partial charge in [0.15, 0.2) is 0 Å². The van der Waals surface area contributed by atoms with Crippen LogP contribution in [0.2, 0.25) is 0 Å². The van der Waals surface area contributed by atoms with Gasteiger partial charge in [0.25, 0.3) is 0 Å². The molecule has 1 aromatic heterocycles. The number of carbonyl (C=O) groups is 1. The van der Waals surface area contributed by atoms with Crippen molar-refractivity contribution in [2.45, 2.75) is 51.9 Å². The van der Waals surface area contributed by atoms with Crippen LogP contribution in [0.3, 0.4) is 0 Å². The third-order valence-corrected chi connectivity index (χ3v) is 7.53.